The first-order valence-electron chi connectivity index (χ1n) is 11.1. The molecule has 0 amide bonds. The van der Waals surface area contributed by atoms with Crippen LogP contribution in [-0.2, 0) is 4.74 Å². The van der Waals surface area contributed by atoms with Crippen LogP contribution in [0.3, 0.4) is 0 Å². The van der Waals surface area contributed by atoms with Crippen LogP contribution in [0.25, 0.3) is 0 Å². The average molecular weight is 488 g/mol. The molecule has 0 aliphatic carbocycles. The zero-order valence-corrected chi connectivity index (χ0v) is 21.7. The third-order valence-electron chi connectivity index (χ3n) is 4.49. The molecule has 0 saturated carbocycles. The van der Waals surface area contributed by atoms with Crippen molar-refractivity contribution in [3.05, 3.63) is 0 Å². The smallest absolute Gasteiger partial charge is 0.219 e. The van der Waals surface area contributed by atoms with E-state index in [9.17, 15) is 0 Å². The average Bonchev–Trinajstić information content (AvgIpc) is 2.75. The maximum atomic E-state index is 8.75. The Kier molecular flexibility index (Phi) is 22.7. The van der Waals surface area contributed by atoms with Gasteiger partial charge in [-0.3, -0.25) is 0 Å². The summed E-state index contributed by atoms with van der Waals surface area (Å²) in [6.07, 6.45) is 14.0. The first kappa shape index (κ1) is 29.5. The van der Waals surface area contributed by atoms with E-state index in [-0.39, 0.29) is 0 Å². The monoisotopic (exact) mass is 487 g/mol. The number of thioether (sulfide) groups is 2. The number of rotatable bonds is 18. The molecule has 0 spiro atoms. The predicted octanol–water partition coefficient (Wildman–Crippen LogP) is 7.09. The number of nitrogens with zero attached hydrogens (tertiary/aromatic N) is 3. The Morgan fingerprint density at radius 1 is 0.800 bits per heavy atom. The summed E-state index contributed by atoms with van der Waals surface area (Å²) in [5.74, 6) is 1.67. The molecule has 8 heteroatoms. The number of hydrogen-bond acceptors (Lipinski definition) is 7. The molecule has 0 N–H and O–H groups in total. The largest absolute Gasteiger partial charge is 0.479 e. The topological polar surface area (TPSA) is 60.0 Å². The van der Waals surface area contributed by atoms with Crippen LogP contribution in [0, 0.1) is 22.7 Å². The summed E-state index contributed by atoms with van der Waals surface area (Å²) in [6.45, 7) is 4.13. The molecule has 0 unspecified atom stereocenters. The van der Waals surface area contributed by atoms with Crippen LogP contribution in [0.5, 0.6) is 0 Å². The van der Waals surface area contributed by atoms with Crippen molar-refractivity contribution in [2.75, 3.05) is 31.2 Å². The molecule has 4 nitrogen and oxygen atoms in total. The van der Waals surface area contributed by atoms with Gasteiger partial charge in [0.15, 0.2) is 0 Å². The summed E-state index contributed by atoms with van der Waals surface area (Å²) in [5.41, 5.74) is 0. The van der Waals surface area contributed by atoms with Gasteiger partial charge in [-0.05, 0) is 18.6 Å². The van der Waals surface area contributed by atoms with E-state index >= 15 is 0 Å². The van der Waals surface area contributed by atoms with Crippen molar-refractivity contribution in [3.8, 4) is 12.1 Å². The first-order chi connectivity index (χ1) is 14.7. The minimum atomic E-state index is 0.414. The lowest BCUT2D eigenvalue weighted by Crippen LogP contribution is -2.29. The Morgan fingerprint density at radius 2 is 1.30 bits per heavy atom. The lowest BCUT2D eigenvalue weighted by molar-refractivity contribution is 0.308. The van der Waals surface area contributed by atoms with Crippen molar-refractivity contribution in [1.82, 2.24) is 4.90 Å². The molecule has 0 saturated heterocycles. The van der Waals surface area contributed by atoms with E-state index in [1.165, 1.54) is 57.8 Å². The summed E-state index contributed by atoms with van der Waals surface area (Å²) < 4.78 is 7.01. The predicted molar refractivity (Wildman–Crippen MR) is 140 cm³/mol. The summed E-state index contributed by atoms with van der Waals surface area (Å²) in [4.78, 5) is 1.94. The third kappa shape index (κ3) is 19.4. The van der Waals surface area contributed by atoms with Crippen molar-refractivity contribution in [3.63, 3.8) is 0 Å². The van der Waals surface area contributed by atoms with Gasteiger partial charge in [0.1, 0.15) is 4.32 Å². The van der Waals surface area contributed by atoms with Gasteiger partial charge in [0.2, 0.25) is 4.38 Å². The summed E-state index contributed by atoms with van der Waals surface area (Å²) >= 11 is 13.8. The fraction of sp³-hybridized carbons (Fsp3) is 0.818. The van der Waals surface area contributed by atoms with Crippen LogP contribution in [0.4, 0.5) is 0 Å². The Hall–Kier alpha value is -0.540. The van der Waals surface area contributed by atoms with Crippen LogP contribution >= 0.6 is 48.0 Å². The van der Waals surface area contributed by atoms with Gasteiger partial charge in [-0.1, -0.05) is 100 Å². The maximum absolute atomic E-state index is 8.75. The normalized spacial score (nSPS) is 10.2. The number of ether oxygens (including phenoxy) is 1. The summed E-state index contributed by atoms with van der Waals surface area (Å²) in [6, 6.07) is 4.26. The Balaban J connectivity index is 3.61. The van der Waals surface area contributed by atoms with E-state index < -0.39 is 0 Å². The molecule has 0 aromatic heterocycles. The number of nitriles is 2. The van der Waals surface area contributed by atoms with E-state index in [0.717, 1.165) is 22.2 Å². The molecule has 0 aliphatic rings. The first-order valence-corrected chi connectivity index (χ1v) is 13.9. The molecule has 30 heavy (non-hydrogen) atoms. The lowest BCUT2D eigenvalue weighted by atomic mass is 10.1. The van der Waals surface area contributed by atoms with Crippen LogP contribution in [0.2, 0.25) is 0 Å². The van der Waals surface area contributed by atoms with Crippen LogP contribution in [0.15, 0.2) is 0 Å². The maximum Gasteiger partial charge on any atom is 0.219 e. The van der Waals surface area contributed by atoms with Crippen LogP contribution < -0.4 is 0 Å². The van der Waals surface area contributed by atoms with Gasteiger partial charge in [-0.15, -0.1) is 0 Å². The lowest BCUT2D eigenvalue weighted by Gasteiger charge is -2.22. The molecule has 0 aliphatic heterocycles. The fourth-order valence-electron chi connectivity index (χ4n) is 2.80. The molecule has 0 fully saturated rings. The highest BCUT2D eigenvalue weighted by atomic mass is 32.2. The van der Waals surface area contributed by atoms with E-state index in [4.69, 9.17) is 39.7 Å². The van der Waals surface area contributed by atoms with Crippen molar-refractivity contribution in [2.45, 2.75) is 84.0 Å². The fourth-order valence-corrected chi connectivity index (χ4v) is 5.10. The van der Waals surface area contributed by atoms with Gasteiger partial charge in [0.25, 0.3) is 0 Å². The van der Waals surface area contributed by atoms with E-state index in [2.05, 4.69) is 19.1 Å². The van der Waals surface area contributed by atoms with Crippen molar-refractivity contribution < 1.29 is 4.74 Å². The van der Waals surface area contributed by atoms with Gasteiger partial charge in [-0.2, -0.15) is 10.5 Å². The highest BCUT2D eigenvalue weighted by Crippen LogP contribution is 2.16. The SMILES string of the molecule is CCCCCCCCCCCCOC(=S)SCCSC(=S)N(CCC#N)CCC#N. The molecular weight excluding hydrogens is 451 g/mol. The highest BCUT2D eigenvalue weighted by molar-refractivity contribution is 8.25. The minimum absolute atomic E-state index is 0.414. The standard InChI is InChI=1S/C22H37N3OS4/c1-2-3-4-5-6-7-8-9-10-11-18-26-22(28)30-20-19-29-21(27)25(16-12-14-23)17-13-15-24/h2-13,16-20H2,1H3. The number of thiocarbonyl (C=S) groups is 2. The van der Waals surface area contributed by atoms with Gasteiger partial charge < -0.3 is 9.64 Å². The second-order valence-corrected chi connectivity index (χ2v) is 10.5. The Bertz CT molecular complexity index is 513. The molecular formula is C22H37N3OS4. The van der Waals surface area contributed by atoms with E-state index in [0.29, 0.717) is 36.9 Å². The number of unbranched alkanes of at least 4 members (excludes halogenated alkanes) is 9. The number of hydrogen-bond donors (Lipinski definition) is 0. The van der Waals surface area contributed by atoms with Gasteiger partial charge >= 0.3 is 0 Å². The molecule has 0 rings (SSSR count). The van der Waals surface area contributed by atoms with Gasteiger partial charge in [0.05, 0.1) is 31.6 Å². The zero-order chi connectivity index (χ0) is 22.3. The summed E-state index contributed by atoms with van der Waals surface area (Å²) in [7, 11) is 0. The minimum Gasteiger partial charge on any atom is -0.479 e. The molecule has 0 aromatic rings. The highest BCUT2D eigenvalue weighted by Gasteiger charge is 2.10. The van der Waals surface area contributed by atoms with Crippen molar-refractivity contribution in [2.24, 2.45) is 0 Å². The molecule has 0 atom stereocenters. The second-order valence-electron chi connectivity index (χ2n) is 7.05. The Morgan fingerprint density at radius 3 is 1.83 bits per heavy atom. The zero-order valence-electron chi connectivity index (χ0n) is 18.4. The Labute approximate surface area is 203 Å². The third-order valence-corrected chi connectivity index (χ3v) is 7.51. The van der Waals surface area contributed by atoms with Crippen LogP contribution in [-0.4, -0.2) is 44.8 Å². The van der Waals surface area contributed by atoms with Gasteiger partial charge in [0, 0.05) is 24.6 Å². The molecule has 170 valence electrons. The van der Waals surface area contributed by atoms with Crippen molar-refractivity contribution in [1.29, 1.82) is 10.5 Å². The van der Waals surface area contributed by atoms with E-state index in [1.807, 2.05) is 4.90 Å². The van der Waals surface area contributed by atoms with Crippen molar-refractivity contribution >= 4 is 56.7 Å². The quantitative estimate of drug-likeness (QED) is 0.150. The van der Waals surface area contributed by atoms with Crippen LogP contribution in [0.1, 0.15) is 84.0 Å². The molecule has 0 bridgehead atoms. The van der Waals surface area contributed by atoms with E-state index in [1.54, 1.807) is 23.5 Å². The summed E-state index contributed by atoms with van der Waals surface area (Å²) in [5, 5.41) is 17.5. The molecule has 0 heterocycles. The van der Waals surface area contributed by atoms with Gasteiger partial charge in [-0.25, -0.2) is 0 Å². The second kappa shape index (κ2) is 23.1. The molecule has 0 radical (unpaired) electrons. The molecule has 0 aromatic carbocycles.